The standard InChI is InChI=1S/C13H9FN2O3/c14-9-1-3-10(4-2-9)16-12(17)8-5-6-15-11(7-8)13(18)19/h1-7H,(H,16,17)(H,18,19). The summed E-state index contributed by atoms with van der Waals surface area (Å²) >= 11 is 0. The molecule has 1 aromatic carbocycles. The van der Waals surface area contributed by atoms with Crippen LogP contribution in [0.1, 0.15) is 20.8 Å². The Morgan fingerprint density at radius 2 is 1.84 bits per heavy atom. The number of hydrogen-bond acceptors (Lipinski definition) is 3. The first-order valence-electron chi connectivity index (χ1n) is 5.32. The molecule has 0 unspecified atom stereocenters. The third-order valence-electron chi connectivity index (χ3n) is 2.34. The Hall–Kier alpha value is -2.76. The Morgan fingerprint density at radius 3 is 2.47 bits per heavy atom. The lowest BCUT2D eigenvalue weighted by Gasteiger charge is -2.05. The molecule has 2 aromatic rings. The largest absolute Gasteiger partial charge is 0.477 e. The van der Waals surface area contributed by atoms with Crippen LogP contribution in [0.5, 0.6) is 0 Å². The van der Waals surface area contributed by atoms with Gasteiger partial charge in [-0.2, -0.15) is 0 Å². The molecule has 0 aliphatic heterocycles. The molecule has 1 aromatic heterocycles. The fourth-order valence-electron chi connectivity index (χ4n) is 1.43. The molecular formula is C13H9FN2O3. The molecular weight excluding hydrogens is 251 g/mol. The van der Waals surface area contributed by atoms with Gasteiger partial charge in [0.05, 0.1) is 0 Å². The van der Waals surface area contributed by atoms with Gasteiger partial charge in [-0.3, -0.25) is 4.79 Å². The van der Waals surface area contributed by atoms with Crippen molar-refractivity contribution in [1.82, 2.24) is 4.98 Å². The summed E-state index contributed by atoms with van der Waals surface area (Å²) in [5.74, 6) is -2.11. The van der Waals surface area contributed by atoms with Crippen LogP contribution >= 0.6 is 0 Å². The molecule has 2 N–H and O–H groups in total. The van der Waals surface area contributed by atoms with Crippen molar-refractivity contribution in [1.29, 1.82) is 0 Å². The SMILES string of the molecule is O=C(Nc1ccc(F)cc1)c1ccnc(C(=O)O)c1. The Labute approximate surface area is 107 Å². The number of carbonyl (C=O) groups excluding carboxylic acids is 1. The number of aromatic nitrogens is 1. The molecule has 5 nitrogen and oxygen atoms in total. The number of carbonyl (C=O) groups is 2. The average molecular weight is 260 g/mol. The maximum atomic E-state index is 12.7. The van der Waals surface area contributed by atoms with Crippen molar-refractivity contribution in [3.8, 4) is 0 Å². The summed E-state index contributed by atoms with van der Waals surface area (Å²) in [6, 6.07) is 7.81. The lowest BCUT2D eigenvalue weighted by molar-refractivity contribution is 0.0690. The van der Waals surface area contributed by atoms with Crippen LogP contribution in [-0.2, 0) is 0 Å². The molecule has 1 heterocycles. The normalized spacial score (nSPS) is 9.95. The van der Waals surface area contributed by atoms with Gasteiger partial charge in [0.25, 0.3) is 5.91 Å². The van der Waals surface area contributed by atoms with E-state index in [1.165, 1.54) is 42.6 Å². The van der Waals surface area contributed by atoms with Crippen molar-refractivity contribution < 1.29 is 19.1 Å². The highest BCUT2D eigenvalue weighted by Crippen LogP contribution is 2.11. The number of carboxylic acid groups (broad SMARTS) is 1. The van der Waals surface area contributed by atoms with Crippen LogP contribution in [0.25, 0.3) is 0 Å². The first kappa shape index (κ1) is 12.7. The number of carboxylic acids is 1. The van der Waals surface area contributed by atoms with E-state index in [1.54, 1.807) is 0 Å². The van der Waals surface area contributed by atoms with Crippen molar-refractivity contribution in [2.24, 2.45) is 0 Å². The summed E-state index contributed by atoms with van der Waals surface area (Å²) in [5.41, 5.74) is 0.364. The third kappa shape index (κ3) is 3.12. The maximum Gasteiger partial charge on any atom is 0.354 e. The zero-order chi connectivity index (χ0) is 13.8. The first-order chi connectivity index (χ1) is 9.06. The summed E-state index contributed by atoms with van der Waals surface area (Å²) < 4.78 is 12.7. The van der Waals surface area contributed by atoms with E-state index in [9.17, 15) is 14.0 Å². The van der Waals surface area contributed by atoms with E-state index < -0.39 is 17.7 Å². The zero-order valence-electron chi connectivity index (χ0n) is 9.63. The minimum absolute atomic E-state index is 0.164. The highest BCUT2D eigenvalue weighted by molar-refractivity contribution is 6.05. The van der Waals surface area contributed by atoms with Gasteiger partial charge in [-0.1, -0.05) is 0 Å². The van der Waals surface area contributed by atoms with Crippen molar-refractivity contribution in [2.45, 2.75) is 0 Å². The summed E-state index contributed by atoms with van der Waals surface area (Å²) in [4.78, 5) is 26.2. The quantitative estimate of drug-likeness (QED) is 0.886. The Balaban J connectivity index is 2.18. The average Bonchev–Trinajstić information content (AvgIpc) is 2.41. The van der Waals surface area contributed by atoms with Crippen molar-refractivity contribution in [2.75, 3.05) is 5.32 Å². The second kappa shape index (κ2) is 5.26. The topological polar surface area (TPSA) is 79.3 Å². The van der Waals surface area contributed by atoms with Gasteiger partial charge in [-0.25, -0.2) is 14.2 Å². The Bertz CT molecular complexity index is 626. The third-order valence-corrected chi connectivity index (χ3v) is 2.34. The second-order valence-corrected chi connectivity index (χ2v) is 3.70. The van der Waals surface area contributed by atoms with E-state index in [2.05, 4.69) is 10.3 Å². The van der Waals surface area contributed by atoms with Crippen LogP contribution in [-0.4, -0.2) is 22.0 Å². The maximum absolute atomic E-state index is 12.7. The summed E-state index contributed by atoms with van der Waals surface area (Å²) in [6.45, 7) is 0. The molecule has 1 amide bonds. The molecule has 0 atom stereocenters. The number of pyridine rings is 1. The molecule has 6 heteroatoms. The van der Waals surface area contributed by atoms with E-state index in [4.69, 9.17) is 5.11 Å². The van der Waals surface area contributed by atoms with Gasteiger partial charge >= 0.3 is 5.97 Å². The number of benzene rings is 1. The second-order valence-electron chi connectivity index (χ2n) is 3.70. The molecule has 2 rings (SSSR count). The van der Waals surface area contributed by atoms with E-state index in [-0.39, 0.29) is 11.3 Å². The predicted molar refractivity (Wildman–Crippen MR) is 65.5 cm³/mol. The molecule has 0 aliphatic rings. The molecule has 0 aliphatic carbocycles. The van der Waals surface area contributed by atoms with Gasteiger partial charge in [0.1, 0.15) is 11.5 Å². The highest BCUT2D eigenvalue weighted by Gasteiger charge is 2.10. The van der Waals surface area contributed by atoms with Crippen LogP contribution in [0.3, 0.4) is 0 Å². The molecule has 0 spiro atoms. The van der Waals surface area contributed by atoms with Crippen molar-refractivity contribution in [3.63, 3.8) is 0 Å². The number of rotatable bonds is 3. The molecule has 96 valence electrons. The molecule has 0 radical (unpaired) electrons. The van der Waals surface area contributed by atoms with Gasteiger partial charge in [-0.15, -0.1) is 0 Å². The number of amides is 1. The van der Waals surface area contributed by atoms with Gasteiger partial charge in [0.2, 0.25) is 0 Å². The number of nitrogens with zero attached hydrogens (tertiary/aromatic N) is 1. The van der Waals surface area contributed by atoms with Gasteiger partial charge < -0.3 is 10.4 Å². The molecule has 0 saturated heterocycles. The fraction of sp³-hybridized carbons (Fsp3) is 0. The lowest BCUT2D eigenvalue weighted by Crippen LogP contribution is -2.13. The summed E-state index contributed by atoms with van der Waals surface area (Å²) in [7, 11) is 0. The van der Waals surface area contributed by atoms with Crippen LogP contribution in [0, 0.1) is 5.82 Å². The first-order valence-corrected chi connectivity index (χ1v) is 5.32. The van der Waals surface area contributed by atoms with Crippen molar-refractivity contribution >= 4 is 17.6 Å². The number of hydrogen-bond donors (Lipinski definition) is 2. The Kier molecular flexibility index (Phi) is 3.51. The molecule has 19 heavy (non-hydrogen) atoms. The fourth-order valence-corrected chi connectivity index (χ4v) is 1.43. The number of halogens is 1. The summed E-state index contributed by atoms with van der Waals surface area (Å²) in [6.07, 6.45) is 1.24. The smallest absolute Gasteiger partial charge is 0.354 e. The number of anilines is 1. The minimum Gasteiger partial charge on any atom is -0.477 e. The predicted octanol–water partition coefficient (Wildman–Crippen LogP) is 2.17. The van der Waals surface area contributed by atoms with Crippen molar-refractivity contribution in [3.05, 3.63) is 59.7 Å². The van der Waals surface area contributed by atoms with Crippen LogP contribution in [0.2, 0.25) is 0 Å². The molecule has 0 fully saturated rings. The Morgan fingerprint density at radius 1 is 1.16 bits per heavy atom. The van der Waals surface area contributed by atoms with E-state index >= 15 is 0 Å². The van der Waals surface area contributed by atoms with Crippen LogP contribution < -0.4 is 5.32 Å². The van der Waals surface area contributed by atoms with E-state index in [0.717, 1.165) is 0 Å². The minimum atomic E-state index is -1.21. The van der Waals surface area contributed by atoms with Gasteiger partial charge in [0.15, 0.2) is 0 Å². The lowest BCUT2D eigenvalue weighted by atomic mass is 10.2. The van der Waals surface area contributed by atoms with E-state index in [0.29, 0.717) is 5.69 Å². The monoisotopic (exact) mass is 260 g/mol. The zero-order valence-corrected chi connectivity index (χ0v) is 9.63. The summed E-state index contributed by atoms with van der Waals surface area (Å²) in [5, 5.41) is 11.3. The van der Waals surface area contributed by atoms with Crippen LogP contribution in [0.15, 0.2) is 42.6 Å². The molecule has 0 bridgehead atoms. The van der Waals surface area contributed by atoms with Gasteiger partial charge in [0, 0.05) is 17.4 Å². The van der Waals surface area contributed by atoms with E-state index in [1.807, 2.05) is 0 Å². The molecule has 0 saturated carbocycles. The highest BCUT2D eigenvalue weighted by atomic mass is 19.1. The van der Waals surface area contributed by atoms with Gasteiger partial charge in [-0.05, 0) is 36.4 Å². The number of nitrogens with one attached hydrogen (secondary N) is 1. The number of aromatic carboxylic acids is 1. The van der Waals surface area contributed by atoms with Crippen LogP contribution in [0.4, 0.5) is 10.1 Å².